The van der Waals surface area contributed by atoms with Crippen LogP contribution >= 0.6 is 24.8 Å². The third-order valence-corrected chi connectivity index (χ3v) is 4.26. The lowest BCUT2D eigenvalue weighted by Crippen LogP contribution is -2.40. The molecule has 2 aliphatic rings. The van der Waals surface area contributed by atoms with Gasteiger partial charge in [-0.3, -0.25) is 0 Å². The van der Waals surface area contributed by atoms with Crippen LogP contribution in [0.2, 0.25) is 0 Å². The minimum atomic E-state index is 0. The second kappa shape index (κ2) is 8.04. The van der Waals surface area contributed by atoms with E-state index in [4.69, 9.17) is 4.99 Å². The van der Waals surface area contributed by atoms with Crippen molar-refractivity contribution in [1.29, 1.82) is 0 Å². The molecule has 1 aromatic rings. The van der Waals surface area contributed by atoms with Gasteiger partial charge < -0.3 is 14.7 Å². The summed E-state index contributed by atoms with van der Waals surface area (Å²) >= 11 is 0. The topological polar surface area (TPSA) is 22.1 Å². The number of aliphatic imine (C=N–C) groups is 1. The largest absolute Gasteiger partial charge is 0.309 e. The van der Waals surface area contributed by atoms with Gasteiger partial charge in [-0.05, 0) is 32.1 Å². The van der Waals surface area contributed by atoms with Crippen LogP contribution in [-0.4, -0.2) is 49.6 Å². The predicted octanol–water partition coefficient (Wildman–Crippen LogP) is 3.26. The zero-order valence-corrected chi connectivity index (χ0v) is 15.2. The Morgan fingerprint density at radius 2 is 1.77 bits per heavy atom. The number of likely N-dealkylation sites (N-methyl/N-ethyl adjacent to an activating group) is 1. The SMILES string of the molecule is CCN(CC)CCN1C2=NC(C)CN2c2ccccc21.Cl.Cl. The number of rotatable bonds is 5. The minimum Gasteiger partial charge on any atom is -0.309 e. The number of nitrogens with zero attached hydrogens (tertiary/aromatic N) is 4. The number of fused-ring (bicyclic) bond motifs is 3. The summed E-state index contributed by atoms with van der Waals surface area (Å²) in [7, 11) is 0. The number of halogens is 2. The maximum Gasteiger partial charge on any atom is 0.206 e. The molecular formula is C16H26Cl2N4. The third kappa shape index (κ3) is 3.34. The summed E-state index contributed by atoms with van der Waals surface area (Å²) in [5.74, 6) is 1.14. The Balaban J connectivity index is 0.00000121. The number of para-hydroxylation sites is 2. The zero-order valence-electron chi connectivity index (χ0n) is 13.5. The number of guanidine groups is 1. The van der Waals surface area contributed by atoms with Crippen LogP contribution in [0.1, 0.15) is 20.8 Å². The van der Waals surface area contributed by atoms with Gasteiger partial charge >= 0.3 is 0 Å². The van der Waals surface area contributed by atoms with E-state index in [-0.39, 0.29) is 24.8 Å². The van der Waals surface area contributed by atoms with Crippen molar-refractivity contribution in [3.05, 3.63) is 24.3 Å². The van der Waals surface area contributed by atoms with E-state index in [2.05, 4.69) is 59.7 Å². The Bertz CT molecular complexity index is 517. The predicted molar refractivity (Wildman–Crippen MR) is 100 cm³/mol. The van der Waals surface area contributed by atoms with Crippen LogP contribution in [-0.2, 0) is 0 Å². The summed E-state index contributed by atoms with van der Waals surface area (Å²) in [5, 5.41) is 0. The van der Waals surface area contributed by atoms with Crippen LogP contribution in [0.15, 0.2) is 29.3 Å². The van der Waals surface area contributed by atoms with E-state index < -0.39 is 0 Å². The molecule has 0 saturated heterocycles. The van der Waals surface area contributed by atoms with Gasteiger partial charge in [0.15, 0.2) is 0 Å². The number of benzene rings is 1. The van der Waals surface area contributed by atoms with Gasteiger partial charge in [0.25, 0.3) is 0 Å². The highest BCUT2D eigenvalue weighted by molar-refractivity contribution is 6.17. The third-order valence-electron chi connectivity index (χ3n) is 4.26. The second-order valence-corrected chi connectivity index (χ2v) is 5.56. The molecule has 6 heteroatoms. The first kappa shape index (κ1) is 19.1. The van der Waals surface area contributed by atoms with E-state index in [1.54, 1.807) is 0 Å². The maximum absolute atomic E-state index is 4.83. The minimum absolute atomic E-state index is 0. The van der Waals surface area contributed by atoms with Gasteiger partial charge in [0.1, 0.15) is 0 Å². The molecule has 0 amide bonds. The van der Waals surface area contributed by atoms with Crippen molar-refractivity contribution >= 4 is 42.1 Å². The molecule has 2 heterocycles. The summed E-state index contributed by atoms with van der Waals surface area (Å²) in [4.78, 5) is 12.0. The van der Waals surface area contributed by atoms with Crippen LogP contribution in [0.25, 0.3) is 0 Å². The van der Waals surface area contributed by atoms with E-state index in [1.807, 2.05) is 0 Å². The highest BCUT2D eigenvalue weighted by atomic mass is 35.5. The van der Waals surface area contributed by atoms with E-state index in [0.29, 0.717) is 6.04 Å². The summed E-state index contributed by atoms with van der Waals surface area (Å²) in [5.41, 5.74) is 2.63. The van der Waals surface area contributed by atoms with Crippen molar-refractivity contribution in [2.45, 2.75) is 26.8 Å². The van der Waals surface area contributed by atoms with Crippen LogP contribution in [0, 0.1) is 0 Å². The average Bonchev–Trinajstić information content (AvgIpc) is 2.97. The molecule has 4 nitrogen and oxygen atoms in total. The first-order chi connectivity index (χ1) is 9.74. The highest BCUT2D eigenvalue weighted by Crippen LogP contribution is 2.39. The Kier molecular flexibility index (Phi) is 6.98. The molecule has 0 bridgehead atoms. The van der Waals surface area contributed by atoms with Crippen LogP contribution in [0.4, 0.5) is 11.4 Å². The Morgan fingerprint density at radius 1 is 1.14 bits per heavy atom. The van der Waals surface area contributed by atoms with Crippen molar-refractivity contribution in [2.75, 3.05) is 42.5 Å². The first-order valence-corrected chi connectivity index (χ1v) is 7.68. The number of hydrogen-bond donors (Lipinski definition) is 0. The molecule has 0 fully saturated rings. The van der Waals surface area contributed by atoms with Crippen molar-refractivity contribution in [2.24, 2.45) is 4.99 Å². The summed E-state index contributed by atoms with van der Waals surface area (Å²) in [6.45, 7) is 12.0. The summed E-state index contributed by atoms with van der Waals surface area (Å²) < 4.78 is 0. The molecule has 124 valence electrons. The van der Waals surface area contributed by atoms with Gasteiger partial charge in [-0.1, -0.05) is 26.0 Å². The molecule has 1 atom stereocenters. The zero-order chi connectivity index (χ0) is 14.1. The molecule has 1 aromatic carbocycles. The first-order valence-electron chi connectivity index (χ1n) is 7.68. The van der Waals surface area contributed by atoms with Gasteiger partial charge in [-0.15, -0.1) is 24.8 Å². The molecule has 22 heavy (non-hydrogen) atoms. The fourth-order valence-electron chi connectivity index (χ4n) is 3.11. The van der Waals surface area contributed by atoms with E-state index in [1.165, 1.54) is 11.4 Å². The maximum atomic E-state index is 4.83. The van der Waals surface area contributed by atoms with Gasteiger partial charge in [-0.25, -0.2) is 4.99 Å². The van der Waals surface area contributed by atoms with Gasteiger partial charge in [-0.2, -0.15) is 0 Å². The van der Waals surface area contributed by atoms with Crippen molar-refractivity contribution in [3.63, 3.8) is 0 Å². The molecular weight excluding hydrogens is 319 g/mol. The van der Waals surface area contributed by atoms with Crippen LogP contribution < -0.4 is 9.80 Å². The molecule has 0 N–H and O–H groups in total. The lowest BCUT2D eigenvalue weighted by Gasteiger charge is -2.24. The summed E-state index contributed by atoms with van der Waals surface area (Å²) in [6.07, 6.45) is 0. The fourth-order valence-corrected chi connectivity index (χ4v) is 3.11. The van der Waals surface area contributed by atoms with Crippen molar-refractivity contribution in [1.82, 2.24) is 4.90 Å². The van der Waals surface area contributed by atoms with Crippen LogP contribution in [0.5, 0.6) is 0 Å². The quantitative estimate of drug-likeness (QED) is 0.818. The standard InChI is InChI=1S/C16H24N4.2ClH/c1-4-18(5-2)10-11-19-14-8-6-7-9-15(14)20-12-13(3)17-16(19)20;;/h6-9,13H,4-5,10-12H2,1-3H3;2*1H. The molecule has 2 aliphatic heterocycles. The highest BCUT2D eigenvalue weighted by Gasteiger charge is 2.36. The Morgan fingerprint density at radius 3 is 2.41 bits per heavy atom. The van der Waals surface area contributed by atoms with Gasteiger partial charge in [0, 0.05) is 19.6 Å². The number of anilines is 2. The lowest BCUT2D eigenvalue weighted by atomic mass is 10.2. The molecule has 0 radical (unpaired) electrons. The molecule has 0 spiro atoms. The molecule has 3 rings (SSSR count). The average molecular weight is 345 g/mol. The van der Waals surface area contributed by atoms with Gasteiger partial charge in [0.05, 0.1) is 17.4 Å². The van der Waals surface area contributed by atoms with Crippen molar-refractivity contribution < 1.29 is 0 Å². The van der Waals surface area contributed by atoms with E-state index in [9.17, 15) is 0 Å². The van der Waals surface area contributed by atoms with Crippen LogP contribution in [0.3, 0.4) is 0 Å². The molecule has 0 aliphatic carbocycles. The molecule has 0 saturated carbocycles. The molecule has 1 unspecified atom stereocenters. The normalized spacial score (nSPS) is 18.5. The van der Waals surface area contributed by atoms with E-state index >= 15 is 0 Å². The van der Waals surface area contributed by atoms with E-state index in [0.717, 1.165) is 38.7 Å². The lowest BCUT2D eigenvalue weighted by molar-refractivity contribution is 0.313. The Labute approximate surface area is 146 Å². The fraction of sp³-hybridized carbons (Fsp3) is 0.562. The Hall–Kier alpha value is -0.970. The summed E-state index contributed by atoms with van der Waals surface area (Å²) in [6, 6.07) is 9.06. The van der Waals surface area contributed by atoms with Gasteiger partial charge in [0.2, 0.25) is 5.96 Å². The monoisotopic (exact) mass is 344 g/mol. The van der Waals surface area contributed by atoms with Crippen molar-refractivity contribution in [3.8, 4) is 0 Å². The second-order valence-electron chi connectivity index (χ2n) is 5.56. The number of hydrogen-bond acceptors (Lipinski definition) is 4. The molecule has 0 aromatic heterocycles. The smallest absolute Gasteiger partial charge is 0.206 e.